The van der Waals surface area contributed by atoms with Crippen molar-refractivity contribution in [3.8, 4) is 0 Å². The summed E-state index contributed by atoms with van der Waals surface area (Å²) in [5.74, 6) is 0.628. The van der Waals surface area contributed by atoms with Gasteiger partial charge in [-0.15, -0.1) is 0 Å². The Kier molecular flexibility index (Phi) is 7.12. The second kappa shape index (κ2) is 8.12. The van der Waals surface area contributed by atoms with E-state index in [-0.39, 0.29) is 11.3 Å². The normalized spacial score (nSPS) is 12.0. The van der Waals surface area contributed by atoms with Gasteiger partial charge in [0.05, 0.1) is 4.43 Å². The molecule has 1 aromatic rings. The molecular formula is C15H26IN3O2. The second-order valence-corrected chi connectivity index (χ2v) is 6.60. The van der Waals surface area contributed by atoms with Crippen LogP contribution in [0.3, 0.4) is 0 Å². The van der Waals surface area contributed by atoms with Crippen LogP contribution < -0.4 is 5.32 Å². The highest BCUT2D eigenvalue weighted by Crippen LogP contribution is 2.26. The Morgan fingerprint density at radius 2 is 2.00 bits per heavy atom. The number of hydrogen-bond acceptors (Lipinski definition) is 4. The zero-order valence-corrected chi connectivity index (χ0v) is 15.8. The number of carbonyl (C=O) groups is 1. The van der Waals surface area contributed by atoms with Crippen LogP contribution in [0.4, 0.5) is 0 Å². The van der Waals surface area contributed by atoms with Crippen LogP contribution >= 0.6 is 22.6 Å². The monoisotopic (exact) mass is 407 g/mol. The van der Waals surface area contributed by atoms with Crippen molar-refractivity contribution in [1.29, 1.82) is 0 Å². The average Bonchev–Trinajstić information content (AvgIpc) is 2.83. The van der Waals surface area contributed by atoms with Crippen molar-refractivity contribution in [2.45, 2.75) is 38.0 Å². The van der Waals surface area contributed by atoms with Gasteiger partial charge in [-0.05, 0) is 39.3 Å². The van der Waals surface area contributed by atoms with Crippen molar-refractivity contribution in [2.24, 2.45) is 5.41 Å². The van der Waals surface area contributed by atoms with Crippen LogP contribution in [-0.2, 0) is 4.43 Å². The summed E-state index contributed by atoms with van der Waals surface area (Å²) in [5.41, 5.74) is 1.35. The van der Waals surface area contributed by atoms with Crippen LogP contribution in [0, 0.1) is 12.3 Å². The molecule has 0 spiro atoms. The Bertz CT molecular complexity index is 467. The van der Waals surface area contributed by atoms with Gasteiger partial charge in [-0.2, -0.15) is 0 Å². The highest BCUT2D eigenvalue weighted by atomic mass is 127. The van der Waals surface area contributed by atoms with Crippen LogP contribution in [0.1, 0.15) is 48.5 Å². The molecule has 0 aromatic carbocycles. The fourth-order valence-corrected chi connectivity index (χ4v) is 3.22. The maximum Gasteiger partial charge on any atom is 0.273 e. The average molecular weight is 407 g/mol. The molecule has 0 bridgehead atoms. The summed E-state index contributed by atoms with van der Waals surface area (Å²) >= 11 is 2.20. The molecule has 1 N–H and O–H groups in total. The number of amides is 1. The highest BCUT2D eigenvalue weighted by molar-refractivity contribution is 14.1. The predicted molar refractivity (Wildman–Crippen MR) is 92.9 cm³/mol. The van der Waals surface area contributed by atoms with Gasteiger partial charge >= 0.3 is 0 Å². The van der Waals surface area contributed by atoms with Crippen LogP contribution in [-0.4, -0.2) is 43.1 Å². The first-order chi connectivity index (χ1) is 9.89. The summed E-state index contributed by atoms with van der Waals surface area (Å²) < 4.78 is 5.91. The first-order valence-corrected chi connectivity index (χ1v) is 8.85. The van der Waals surface area contributed by atoms with Gasteiger partial charge in [-0.3, -0.25) is 4.79 Å². The fourth-order valence-electron chi connectivity index (χ4n) is 2.51. The molecule has 1 aromatic heterocycles. The molecule has 0 fully saturated rings. The molecule has 1 rings (SSSR count). The molecule has 5 nitrogen and oxygen atoms in total. The highest BCUT2D eigenvalue weighted by Gasteiger charge is 2.28. The Morgan fingerprint density at radius 1 is 1.38 bits per heavy atom. The van der Waals surface area contributed by atoms with Crippen molar-refractivity contribution in [3.05, 3.63) is 17.0 Å². The predicted octanol–water partition coefficient (Wildman–Crippen LogP) is 3.02. The van der Waals surface area contributed by atoms with Gasteiger partial charge < -0.3 is 14.7 Å². The molecule has 0 aliphatic heterocycles. The van der Waals surface area contributed by atoms with E-state index < -0.39 is 0 Å². The summed E-state index contributed by atoms with van der Waals surface area (Å²) in [5, 5.41) is 6.93. The summed E-state index contributed by atoms with van der Waals surface area (Å²) in [6, 6.07) is 0. The summed E-state index contributed by atoms with van der Waals surface area (Å²) in [6.45, 7) is 7.84. The minimum Gasteiger partial charge on any atom is -0.359 e. The van der Waals surface area contributed by atoms with Crippen molar-refractivity contribution in [1.82, 2.24) is 15.4 Å². The van der Waals surface area contributed by atoms with Crippen LogP contribution in [0.25, 0.3) is 0 Å². The first-order valence-electron chi connectivity index (χ1n) is 7.33. The molecule has 21 heavy (non-hydrogen) atoms. The van der Waals surface area contributed by atoms with Gasteiger partial charge in [-0.1, -0.05) is 41.6 Å². The maximum absolute atomic E-state index is 12.3. The van der Waals surface area contributed by atoms with Gasteiger partial charge in [0, 0.05) is 18.7 Å². The van der Waals surface area contributed by atoms with Gasteiger partial charge in [0.15, 0.2) is 5.69 Å². The molecule has 1 amide bonds. The van der Waals surface area contributed by atoms with Crippen LogP contribution in [0.2, 0.25) is 0 Å². The van der Waals surface area contributed by atoms with Crippen LogP contribution in [0.5, 0.6) is 0 Å². The molecule has 0 unspecified atom stereocenters. The van der Waals surface area contributed by atoms with Crippen molar-refractivity contribution in [3.63, 3.8) is 0 Å². The third-order valence-corrected chi connectivity index (χ3v) is 4.83. The SMILES string of the molecule is CCC(CC)(CNC(=O)c1noc(CI)c1C)CN(C)C. The molecule has 6 heteroatoms. The lowest BCUT2D eigenvalue weighted by molar-refractivity contribution is 0.0900. The third kappa shape index (κ3) is 4.67. The van der Waals surface area contributed by atoms with E-state index in [4.69, 9.17) is 4.52 Å². The zero-order chi connectivity index (χ0) is 16.0. The Morgan fingerprint density at radius 3 is 2.43 bits per heavy atom. The molecule has 0 aliphatic carbocycles. The standard InChI is InChI=1S/C15H26IN3O2/c1-6-15(7-2,10-19(4)5)9-17-14(20)13-11(3)12(8-16)21-18-13/h6-10H2,1-5H3,(H,17,20). The Balaban J connectivity index is 2.75. The number of rotatable bonds is 8. The smallest absolute Gasteiger partial charge is 0.273 e. The summed E-state index contributed by atoms with van der Waals surface area (Å²) in [6.07, 6.45) is 2.05. The van der Waals surface area contributed by atoms with E-state index in [1.54, 1.807) is 0 Å². The number of nitrogens with one attached hydrogen (secondary N) is 1. The lowest BCUT2D eigenvalue weighted by Gasteiger charge is -2.34. The van der Waals surface area contributed by atoms with E-state index in [9.17, 15) is 4.79 Å². The van der Waals surface area contributed by atoms with Gasteiger partial charge in [0.25, 0.3) is 5.91 Å². The zero-order valence-electron chi connectivity index (χ0n) is 13.6. The molecule has 0 aliphatic rings. The number of halogens is 1. The lowest BCUT2D eigenvalue weighted by atomic mass is 9.81. The second-order valence-electron chi connectivity index (χ2n) is 5.84. The minimum atomic E-state index is -0.141. The summed E-state index contributed by atoms with van der Waals surface area (Å²) in [4.78, 5) is 14.5. The third-order valence-electron chi connectivity index (χ3n) is 4.13. The van der Waals surface area contributed by atoms with Crippen molar-refractivity contribution >= 4 is 28.5 Å². The molecule has 120 valence electrons. The lowest BCUT2D eigenvalue weighted by Crippen LogP contribution is -2.43. The van der Waals surface area contributed by atoms with Crippen LogP contribution in [0.15, 0.2) is 4.52 Å². The largest absolute Gasteiger partial charge is 0.359 e. The molecule has 0 atom stereocenters. The van der Waals surface area contributed by atoms with Crippen molar-refractivity contribution < 1.29 is 9.32 Å². The van der Waals surface area contributed by atoms with E-state index in [0.717, 1.165) is 35.1 Å². The van der Waals surface area contributed by atoms with E-state index in [1.807, 2.05) is 6.92 Å². The van der Waals surface area contributed by atoms with E-state index in [1.165, 1.54) is 0 Å². The van der Waals surface area contributed by atoms with Gasteiger partial charge in [-0.25, -0.2) is 0 Å². The maximum atomic E-state index is 12.3. The summed E-state index contributed by atoms with van der Waals surface area (Å²) in [7, 11) is 4.13. The topological polar surface area (TPSA) is 58.4 Å². The fraction of sp³-hybridized carbons (Fsp3) is 0.733. The molecule has 0 radical (unpaired) electrons. The molecule has 1 heterocycles. The van der Waals surface area contributed by atoms with E-state index >= 15 is 0 Å². The number of carbonyl (C=O) groups excluding carboxylic acids is 1. The quantitative estimate of drug-likeness (QED) is 0.532. The molecule has 0 saturated heterocycles. The minimum absolute atomic E-state index is 0.100. The van der Waals surface area contributed by atoms with Gasteiger partial charge in [0.2, 0.25) is 0 Å². The van der Waals surface area contributed by atoms with E-state index in [0.29, 0.717) is 12.2 Å². The van der Waals surface area contributed by atoms with Crippen molar-refractivity contribution in [2.75, 3.05) is 27.2 Å². The number of nitrogens with zero attached hydrogens (tertiary/aromatic N) is 2. The molecular weight excluding hydrogens is 381 g/mol. The Labute approximate surface area is 141 Å². The molecule has 0 saturated carbocycles. The number of hydrogen-bond donors (Lipinski definition) is 1. The Hall–Kier alpha value is -0.630. The van der Waals surface area contributed by atoms with E-state index in [2.05, 4.69) is 65.9 Å². The first kappa shape index (κ1) is 18.4. The number of aromatic nitrogens is 1. The van der Waals surface area contributed by atoms with Gasteiger partial charge in [0.1, 0.15) is 5.76 Å². The number of alkyl halides is 1.